The Balaban J connectivity index is 1.61. The van der Waals surface area contributed by atoms with Crippen LogP contribution in [-0.4, -0.2) is 31.7 Å². The zero-order chi connectivity index (χ0) is 21.7. The molecule has 30 heavy (non-hydrogen) atoms. The van der Waals surface area contributed by atoms with Crippen LogP contribution in [0.2, 0.25) is 0 Å². The van der Waals surface area contributed by atoms with Gasteiger partial charge >= 0.3 is 10.3 Å². The normalized spacial score (nSPS) is 31.0. The predicted octanol–water partition coefficient (Wildman–Crippen LogP) is 2.00. The van der Waals surface area contributed by atoms with Crippen molar-refractivity contribution >= 4 is 22.1 Å². The van der Waals surface area contributed by atoms with Crippen molar-refractivity contribution in [2.75, 3.05) is 6.54 Å². The van der Waals surface area contributed by atoms with E-state index in [1.54, 1.807) is 17.0 Å². The van der Waals surface area contributed by atoms with Crippen molar-refractivity contribution in [1.82, 2.24) is 9.73 Å². The molecule has 4 rings (SSSR count). The lowest BCUT2D eigenvalue weighted by molar-refractivity contribution is -0.167. The van der Waals surface area contributed by atoms with Crippen molar-refractivity contribution in [3.8, 4) is 5.75 Å². The molecule has 164 valence electrons. The molecule has 2 aliphatic carbocycles. The Labute approximate surface area is 177 Å². The van der Waals surface area contributed by atoms with Crippen molar-refractivity contribution in [3.05, 3.63) is 29.3 Å². The molecule has 1 saturated heterocycles. The highest BCUT2D eigenvalue weighted by molar-refractivity contribution is 7.85. The summed E-state index contributed by atoms with van der Waals surface area (Å²) in [5, 5.41) is 0. The molecule has 3 aliphatic rings. The van der Waals surface area contributed by atoms with E-state index >= 15 is 0 Å². The molecule has 0 aromatic heterocycles. The van der Waals surface area contributed by atoms with Gasteiger partial charge in [-0.15, -0.1) is 4.83 Å². The van der Waals surface area contributed by atoms with E-state index in [0.717, 1.165) is 37.7 Å². The Hall–Kier alpha value is -1.97. The van der Waals surface area contributed by atoms with Gasteiger partial charge in [0.15, 0.2) is 0 Å². The monoisotopic (exact) mass is 435 g/mol. The van der Waals surface area contributed by atoms with Crippen LogP contribution in [0.5, 0.6) is 5.75 Å². The van der Waals surface area contributed by atoms with E-state index in [2.05, 4.69) is 0 Å². The number of fused-ring (bicyclic) bond motifs is 5. The van der Waals surface area contributed by atoms with Gasteiger partial charge in [-0.3, -0.25) is 20.3 Å². The van der Waals surface area contributed by atoms with Gasteiger partial charge in [0.1, 0.15) is 5.75 Å². The third-order valence-electron chi connectivity index (χ3n) is 7.31. The van der Waals surface area contributed by atoms with Gasteiger partial charge in [-0.2, -0.15) is 8.42 Å². The number of rotatable bonds is 5. The number of nitrogens with two attached hydrogens (primary N) is 1. The summed E-state index contributed by atoms with van der Waals surface area (Å²) in [6.45, 7) is 4.53. The van der Waals surface area contributed by atoms with Gasteiger partial charge in [0.2, 0.25) is 11.8 Å². The molecule has 1 aromatic carbocycles. The number of likely N-dealkylation sites (tertiary alicyclic amines) is 1. The molecule has 8 nitrogen and oxygen atoms in total. The van der Waals surface area contributed by atoms with Crippen LogP contribution in [0.1, 0.15) is 63.0 Å². The van der Waals surface area contributed by atoms with Crippen LogP contribution in [0.25, 0.3) is 0 Å². The second kappa shape index (κ2) is 7.62. The highest BCUT2D eigenvalue weighted by Crippen LogP contribution is 2.58. The minimum atomic E-state index is -4.02. The van der Waals surface area contributed by atoms with E-state index < -0.39 is 15.7 Å². The first-order valence-corrected chi connectivity index (χ1v) is 12.0. The number of aryl methyl sites for hydroxylation is 1. The number of hydrogen-bond donors (Lipinski definition) is 2. The molecule has 1 aliphatic heterocycles. The minimum Gasteiger partial charge on any atom is -0.370 e. The number of benzene rings is 1. The summed E-state index contributed by atoms with van der Waals surface area (Å²) in [5.74, 6) is 5.76. The Morgan fingerprint density at radius 3 is 2.77 bits per heavy atom. The summed E-state index contributed by atoms with van der Waals surface area (Å²) in [6, 6.07) is 5.32. The molecule has 0 spiro atoms. The maximum Gasteiger partial charge on any atom is 0.395 e. The average molecular weight is 436 g/mol. The average Bonchev–Trinajstić information content (AvgIpc) is 2.71. The highest BCUT2D eigenvalue weighted by Gasteiger charge is 2.57. The maximum atomic E-state index is 13.2. The summed E-state index contributed by atoms with van der Waals surface area (Å²) in [6.07, 6.45) is 4.48. The molecular formula is C21H29N3O5S. The molecule has 3 N–H and O–H groups in total. The number of carbonyl (C=O) groups is 2. The van der Waals surface area contributed by atoms with Crippen LogP contribution in [0, 0.1) is 17.3 Å². The van der Waals surface area contributed by atoms with Gasteiger partial charge in [0.25, 0.3) is 0 Å². The van der Waals surface area contributed by atoms with Crippen LogP contribution >= 0.6 is 0 Å². The highest BCUT2D eigenvalue weighted by atomic mass is 32.2. The number of piperidine rings is 1. The van der Waals surface area contributed by atoms with Crippen LogP contribution in [-0.2, 0) is 26.3 Å². The van der Waals surface area contributed by atoms with Crippen LogP contribution in [0.3, 0.4) is 0 Å². The smallest absolute Gasteiger partial charge is 0.370 e. The van der Waals surface area contributed by atoms with Crippen molar-refractivity contribution < 1.29 is 22.2 Å². The van der Waals surface area contributed by atoms with Crippen LogP contribution in [0.4, 0.5) is 0 Å². The lowest BCUT2D eigenvalue weighted by atomic mass is 9.52. The van der Waals surface area contributed by atoms with Gasteiger partial charge in [-0.25, -0.2) is 0 Å². The standard InChI is InChI=1S/C21H29N3O5S/c1-3-10-24-19(25)12-18-17-6-4-13-11-14(29-30(27,28)23-22)5-7-15(13)16(17)8-9-21(18,2)20(24)26/h5,7,11,16-18,23H,3-4,6,8-10,12,22H2,1-2H3/t16?,17?,18?,21-/m0/s1. The van der Waals surface area contributed by atoms with Gasteiger partial charge in [-0.05, 0) is 73.1 Å². The predicted molar refractivity (Wildman–Crippen MR) is 110 cm³/mol. The number of imide groups is 1. The lowest BCUT2D eigenvalue weighted by Gasteiger charge is -2.54. The molecule has 1 aromatic rings. The van der Waals surface area contributed by atoms with E-state index in [-0.39, 0.29) is 35.3 Å². The fourth-order valence-electron chi connectivity index (χ4n) is 5.89. The van der Waals surface area contributed by atoms with E-state index in [9.17, 15) is 18.0 Å². The van der Waals surface area contributed by atoms with E-state index in [0.29, 0.717) is 13.0 Å². The number of nitrogens with zero attached hydrogens (tertiary/aromatic N) is 1. The molecule has 2 fully saturated rings. The summed E-state index contributed by atoms with van der Waals surface area (Å²) in [4.78, 5) is 29.1. The summed E-state index contributed by atoms with van der Waals surface area (Å²) in [7, 11) is -4.02. The largest absolute Gasteiger partial charge is 0.395 e. The molecule has 1 saturated carbocycles. The molecule has 2 amide bonds. The van der Waals surface area contributed by atoms with Crippen LogP contribution < -0.4 is 14.9 Å². The SMILES string of the molecule is CCCN1C(=O)CC2C3CCc4cc(OS(=O)(=O)NN)ccc4C3CC[C@]2(C)C1=O. The van der Waals surface area contributed by atoms with Crippen molar-refractivity contribution in [2.24, 2.45) is 23.1 Å². The summed E-state index contributed by atoms with van der Waals surface area (Å²) < 4.78 is 28.1. The van der Waals surface area contributed by atoms with Gasteiger partial charge in [-0.1, -0.05) is 19.9 Å². The van der Waals surface area contributed by atoms with E-state index in [4.69, 9.17) is 10.0 Å². The van der Waals surface area contributed by atoms with Crippen molar-refractivity contribution in [1.29, 1.82) is 0 Å². The third kappa shape index (κ3) is 3.42. The molecule has 0 radical (unpaired) electrons. The minimum absolute atomic E-state index is 0.00177. The summed E-state index contributed by atoms with van der Waals surface area (Å²) in [5.41, 5.74) is 1.76. The zero-order valence-corrected chi connectivity index (χ0v) is 18.2. The van der Waals surface area contributed by atoms with Gasteiger partial charge < -0.3 is 4.18 Å². The Morgan fingerprint density at radius 1 is 1.30 bits per heavy atom. The number of hydrogen-bond acceptors (Lipinski definition) is 6. The van der Waals surface area contributed by atoms with Crippen LogP contribution in [0.15, 0.2) is 18.2 Å². The Kier molecular flexibility index (Phi) is 5.40. The quantitative estimate of drug-likeness (QED) is 0.415. The fourth-order valence-corrected chi connectivity index (χ4v) is 6.30. The number of amides is 2. The summed E-state index contributed by atoms with van der Waals surface area (Å²) >= 11 is 0. The topological polar surface area (TPSA) is 119 Å². The molecule has 0 bridgehead atoms. The Bertz CT molecular complexity index is 979. The van der Waals surface area contributed by atoms with E-state index in [1.165, 1.54) is 10.5 Å². The number of hydrazine groups is 1. The molecule has 4 atom stereocenters. The number of nitrogens with one attached hydrogen (secondary N) is 1. The van der Waals surface area contributed by atoms with Gasteiger partial charge in [0.05, 0.1) is 5.41 Å². The molecule has 9 heteroatoms. The van der Waals surface area contributed by atoms with Crippen molar-refractivity contribution in [2.45, 2.75) is 58.3 Å². The zero-order valence-electron chi connectivity index (χ0n) is 17.4. The second-order valence-corrected chi connectivity index (χ2v) is 10.3. The molecular weight excluding hydrogens is 406 g/mol. The first kappa shape index (κ1) is 21.3. The van der Waals surface area contributed by atoms with Crippen molar-refractivity contribution in [3.63, 3.8) is 0 Å². The number of carbonyl (C=O) groups excluding carboxylic acids is 2. The van der Waals surface area contributed by atoms with Gasteiger partial charge in [0, 0.05) is 13.0 Å². The second-order valence-electron chi connectivity index (χ2n) is 8.94. The first-order valence-electron chi connectivity index (χ1n) is 10.6. The molecule has 3 unspecified atom stereocenters. The fraction of sp³-hybridized carbons (Fsp3) is 0.619. The molecule has 1 heterocycles. The Morgan fingerprint density at radius 2 is 2.07 bits per heavy atom. The maximum absolute atomic E-state index is 13.2. The first-order chi connectivity index (χ1) is 14.2. The third-order valence-corrected chi connectivity index (χ3v) is 8.01. The van der Waals surface area contributed by atoms with E-state index in [1.807, 2.05) is 19.9 Å². The lowest BCUT2D eigenvalue weighted by Crippen LogP contribution is -2.59.